The molecule has 1 aliphatic rings. The highest BCUT2D eigenvalue weighted by atomic mass is 19.4. The number of rotatable bonds is 3. The van der Waals surface area contributed by atoms with Gasteiger partial charge in [0.1, 0.15) is 6.61 Å². The maximum atomic E-state index is 11.8. The van der Waals surface area contributed by atoms with Gasteiger partial charge in [0.05, 0.1) is 6.10 Å². The Balaban J connectivity index is 2.55. The van der Waals surface area contributed by atoms with E-state index in [4.69, 9.17) is 5.11 Å². The zero-order chi connectivity index (χ0) is 11.7. The molecule has 0 aliphatic heterocycles. The SMILES string of the molecule is CC#CC1(C(=O)O)CC1OCC(F)(F)F. The molecule has 0 aromatic carbocycles. The molecule has 0 amide bonds. The first-order valence-electron chi connectivity index (χ1n) is 4.17. The Bertz CT molecular complexity index is 326. The van der Waals surface area contributed by atoms with Crippen LogP contribution in [0.4, 0.5) is 13.2 Å². The number of carbonyl (C=O) groups is 1. The molecule has 0 radical (unpaired) electrons. The van der Waals surface area contributed by atoms with Crippen LogP contribution in [0, 0.1) is 17.3 Å². The van der Waals surface area contributed by atoms with Gasteiger partial charge in [0, 0.05) is 6.42 Å². The zero-order valence-electron chi connectivity index (χ0n) is 7.89. The quantitative estimate of drug-likeness (QED) is 0.735. The van der Waals surface area contributed by atoms with Crippen LogP contribution in [0.25, 0.3) is 0 Å². The molecule has 1 aliphatic carbocycles. The van der Waals surface area contributed by atoms with Gasteiger partial charge in [-0.1, -0.05) is 5.92 Å². The first-order chi connectivity index (χ1) is 6.82. The van der Waals surface area contributed by atoms with Gasteiger partial charge in [0.25, 0.3) is 0 Å². The second kappa shape index (κ2) is 3.74. The van der Waals surface area contributed by atoms with Gasteiger partial charge in [-0.25, -0.2) is 0 Å². The molecule has 0 aromatic heterocycles. The molecule has 0 heterocycles. The smallest absolute Gasteiger partial charge is 0.411 e. The van der Waals surface area contributed by atoms with Gasteiger partial charge < -0.3 is 9.84 Å². The van der Waals surface area contributed by atoms with Crippen molar-refractivity contribution in [1.82, 2.24) is 0 Å². The molecular formula is C9H9F3O3. The summed E-state index contributed by atoms with van der Waals surface area (Å²) >= 11 is 0. The lowest BCUT2D eigenvalue weighted by Gasteiger charge is -2.08. The highest BCUT2D eigenvalue weighted by Gasteiger charge is 2.62. The topological polar surface area (TPSA) is 46.5 Å². The lowest BCUT2D eigenvalue weighted by molar-refractivity contribution is -0.180. The Morgan fingerprint density at radius 1 is 1.67 bits per heavy atom. The first kappa shape index (κ1) is 11.9. The largest absolute Gasteiger partial charge is 0.480 e. The van der Waals surface area contributed by atoms with E-state index >= 15 is 0 Å². The summed E-state index contributed by atoms with van der Waals surface area (Å²) in [5.74, 6) is 3.53. The number of carboxylic acids is 1. The fraction of sp³-hybridized carbons (Fsp3) is 0.667. The van der Waals surface area contributed by atoms with Crippen LogP contribution in [0.3, 0.4) is 0 Å². The van der Waals surface area contributed by atoms with Crippen molar-refractivity contribution in [3.8, 4) is 11.8 Å². The molecular weight excluding hydrogens is 213 g/mol. The maximum absolute atomic E-state index is 11.8. The highest BCUT2D eigenvalue weighted by molar-refractivity contribution is 5.83. The average Bonchev–Trinajstić information content (AvgIpc) is 2.76. The van der Waals surface area contributed by atoms with Crippen molar-refractivity contribution in [2.24, 2.45) is 5.41 Å². The van der Waals surface area contributed by atoms with Gasteiger partial charge in [0.15, 0.2) is 5.41 Å². The molecule has 0 saturated heterocycles. The molecule has 0 spiro atoms. The van der Waals surface area contributed by atoms with Crippen LogP contribution < -0.4 is 0 Å². The van der Waals surface area contributed by atoms with E-state index in [1.165, 1.54) is 6.92 Å². The van der Waals surface area contributed by atoms with E-state index in [0.29, 0.717) is 0 Å². The minimum atomic E-state index is -4.44. The van der Waals surface area contributed by atoms with Crippen molar-refractivity contribution in [1.29, 1.82) is 0 Å². The Hall–Kier alpha value is -1.22. The Morgan fingerprint density at radius 2 is 2.27 bits per heavy atom. The van der Waals surface area contributed by atoms with Crippen molar-refractivity contribution in [3.63, 3.8) is 0 Å². The minimum absolute atomic E-state index is 0.0131. The second-order valence-corrected chi connectivity index (χ2v) is 3.27. The summed E-state index contributed by atoms with van der Waals surface area (Å²) in [7, 11) is 0. The van der Waals surface area contributed by atoms with Crippen LogP contribution >= 0.6 is 0 Å². The number of carboxylic acid groups (broad SMARTS) is 1. The molecule has 3 nitrogen and oxygen atoms in total. The van der Waals surface area contributed by atoms with Crippen molar-refractivity contribution in [2.75, 3.05) is 6.61 Å². The molecule has 0 aromatic rings. The lowest BCUT2D eigenvalue weighted by Crippen LogP contribution is -2.23. The van der Waals surface area contributed by atoms with Gasteiger partial charge in [-0.05, 0) is 6.92 Å². The zero-order valence-corrected chi connectivity index (χ0v) is 7.89. The molecule has 0 bridgehead atoms. The molecule has 1 rings (SSSR count). The Kier molecular flexibility index (Phi) is 2.95. The van der Waals surface area contributed by atoms with Crippen LogP contribution in [0.5, 0.6) is 0 Å². The van der Waals surface area contributed by atoms with Crippen LogP contribution in [-0.4, -0.2) is 30.0 Å². The summed E-state index contributed by atoms with van der Waals surface area (Å²) < 4.78 is 39.8. The van der Waals surface area contributed by atoms with E-state index in [-0.39, 0.29) is 6.42 Å². The fourth-order valence-electron chi connectivity index (χ4n) is 1.26. The van der Waals surface area contributed by atoms with Crippen molar-refractivity contribution in [2.45, 2.75) is 25.6 Å². The first-order valence-corrected chi connectivity index (χ1v) is 4.17. The monoisotopic (exact) mass is 222 g/mol. The van der Waals surface area contributed by atoms with Crippen LogP contribution in [-0.2, 0) is 9.53 Å². The van der Waals surface area contributed by atoms with Crippen molar-refractivity contribution in [3.05, 3.63) is 0 Å². The van der Waals surface area contributed by atoms with Crippen LogP contribution in [0.2, 0.25) is 0 Å². The number of hydrogen-bond acceptors (Lipinski definition) is 2. The number of hydrogen-bond donors (Lipinski definition) is 1. The summed E-state index contributed by atoms with van der Waals surface area (Å²) in [6.07, 6.45) is -5.38. The average molecular weight is 222 g/mol. The summed E-state index contributed by atoms with van der Waals surface area (Å²) in [6.45, 7) is 0.00190. The minimum Gasteiger partial charge on any atom is -0.480 e. The molecule has 15 heavy (non-hydrogen) atoms. The second-order valence-electron chi connectivity index (χ2n) is 3.27. The normalized spacial score (nSPS) is 29.2. The molecule has 2 atom stereocenters. The van der Waals surface area contributed by atoms with Gasteiger partial charge in [-0.2, -0.15) is 13.2 Å². The van der Waals surface area contributed by atoms with Crippen molar-refractivity contribution >= 4 is 5.97 Å². The third-order valence-electron chi connectivity index (χ3n) is 2.07. The summed E-state index contributed by atoms with van der Waals surface area (Å²) in [5, 5.41) is 8.77. The number of alkyl halides is 3. The number of aliphatic carboxylic acids is 1. The summed E-state index contributed by atoms with van der Waals surface area (Å²) in [5.41, 5.74) is -1.43. The Labute approximate surface area is 84.2 Å². The molecule has 84 valence electrons. The van der Waals surface area contributed by atoms with Gasteiger partial charge in [-0.15, -0.1) is 5.92 Å². The van der Waals surface area contributed by atoms with Crippen LogP contribution in [0.1, 0.15) is 13.3 Å². The molecule has 6 heteroatoms. The van der Waals surface area contributed by atoms with Gasteiger partial charge in [-0.3, -0.25) is 4.79 Å². The van der Waals surface area contributed by atoms with Gasteiger partial charge in [0.2, 0.25) is 0 Å². The third kappa shape index (κ3) is 2.63. The van der Waals surface area contributed by atoms with E-state index in [1.54, 1.807) is 0 Å². The van der Waals surface area contributed by atoms with E-state index in [0.717, 1.165) is 0 Å². The van der Waals surface area contributed by atoms with Crippen molar-refractivity contribution < 1.29 is 27.8 Å². The molecule has 1 saturated carbocycles. The van der Waals surface area contributed by atoms with Gasteiger partial charge >= 0.3 is 12.1 Å². The molecule has 1 N–H and O–H groups in total. The maximum Gasteiger partial charge on any atom is 0.411 e. The van der Waals surface area contributed by atoms with E-state index < -0.39 is 30.3 Å². The summed E-state index contributed by atoms with van der Waals surface area (Å²) in [4.78, 5) is 10.7. The lowest BCUT2D eigenvalue weighted by atomic mass is 10.1. The number of ether oxygens (including phenoxy) is 1. The third-order valence-corrected chi connectivity index (χ3v) is 2.07. The van der Waals surface area contributed by atoms with E-state index in [1.807, 2.05) is 0 Å². The standard InChI is InChI=1S/C9H9F3O3/c1-2-3-8(7(13)14)4-6(8)15-5-9(10,11)12/h6H,4-5H2,1H3,(H,13,14). The predicted molar refractivity (Wildman–Crippen MR) is 43.9 cm³/mol. The highest BCUT2D eigenvalue weighted by Crippen LogP contribution is 2.48. The van der Waals surface area contributed by atoms with E-state index in [9.17, 15) is 18.0 Å². The molecule has 1 fully saturated rings. The fourth-order valence-corrected chi connectivity index (χ4v) is 1.26. The van der Waals surface area contributed by atoms with Crippen LogP contribution in [0.15, 0.2) is 0 Å². The summed E-state index contributed by atoms with van der Waals surface area (Å²) in [6, 6.07) is 0. The molecule has 2 unspecified atom stereocenters. The van der Waals surface area contributed by atoms with E-state index in [2.05, 4.69) is 16.6 Å². The Morgan fingerprint density at radius 3 is 2.67 bits per heavy atom. The predicted octanol–water partition coefficient (Wildman–Crippen LogP) is 1.43. The number of halogens is 3.